The zero-order valence-electron chi connectivity index (χ0n) is 18.2. The van der Waals surface area contributed by atoms with Crippen LogP contribution in [0, 0.1) is 13.8 Å². The average Bonchev–Trinajstić information content (AvgIpc) is 2.74. The van der Waals surface area contributed by atoms with E-state index in [-0.39, 0.29) is 12.0 Å². The summed E-state index contributed by atoms with van der Waals surface area (Å²) in [4.78, 5) is 18.0. The smallest absolute Gasteiger partial charge is 0.197 e. The van der Waals surface area contributed by atoms with Gasteiger partial charge < -0.3 is 14.6 Å². The molecular weight excluding hydrogens is 374 g/mol. The molecule has 1 aliphatic rings. The predicted octanol–water partition coefficient (Wildman–Crippen LogP) is 3.16. The lowest BCUT2D eigenvalue weighted by atomic mass is 10.0. The van der Waals surface area contributed by atoms with Crippen LogP contribution < -0.4 is 5.43 Å². The molecule has 1 fully saturated rings. The molecule has 0 amide bonds. The summed E-state index contributed by atoms with van der Waals surface area (Å²) in [5.74, 6) is 0. The Morgan fingerprint density at radius 3 is 2.27 bits per heavy atom. The minimum atomic E-state index is 0.143. The second kappa shape index (κ2) is 9.29. The number of aliphatic hydroxyl groups is 1. The summed E-state index contributed by atoms with van der Waals surface area (Å²) < 4.78 is 2.36. The molecule has 0 saturated carbocycles. The first-order valence-electron chi connectivity index (χ1n) is 11.2. The predicted molar refractivity (Wildman–Crippen MR) is 124 cm³/mol. The average molecular weight is 408 g/mol. The fourth-order valence-electron chi connectivity index (χ4n) is 4.87. The van der Waals surface area contributed by atoms with E-state index in [2.05, 4.69) is 40.3 Å². The van der Waals surface area contributed by atoms with E-state index >= 15 is 0 Å². The van der Waals surface area contributed by atoms with Crippen molar-refractivity contribution in [1.29, 1.82) is 0 Å². The number of unbranched alkanes of at least 4 members (excludes halogenated alkanes) is 1. The van der Waals surface area contributed by atoms with E-state index in [1.54, 1.807) is 0 Å². The van der Waals surface area contributed by atoms with Crippen LogP contribution in [0.15, 0.2) is 41.2 Å². The third-order valence-electron chi connectivity index (χ3n) is 6.39. The highest BCUT2D eigenvalue weighted by molar-refractivity contribution is 5.95. The lowest BCUT2D eigenvalue weighted by Gasteiger charge is -2.34. The first kappa shape index (κ1) is 21.0. The molecule has 1 aliphatic heterocycles. The van der Waals surface area contributed by atoms with Crippen molar-refractivity contribution in [3.63, 3.8) is 0 Å². The van der Waals surface area contributed by atoms with Crippen LogP contribution in [-0.2, 0) is 6.54 Å². The number of hydrogen-bond donors (Lipinski definition) is 1. The molecule has 5 heteroatoms. The Labute approximate surface area is 178 Å². The summed E-state index contributed by atoms with van der Waals surface area (Å²) in [6.07, 6.45) is 2.24. The molecule has 3 aromatic rings. The molecular formula is C25H33N3O2. The van der Waals surface area contributed by atoms with E-state index in [4.69, 9.17) is 5.11 Å². The number of benzene rings is 2. The monoisotopic (exact) mass is 407 g/mol. The van der Waals surface area contributed by atoms with E-state index in [1.807, 2.05) is 24.3 Å². The molecule has 1 aromatic heterocycles. The summed E-state index contributed by atoms with van der Waals surface area (Å²) in [7, 11) is 0. The van der Waals surface area contributed by atoms with E-state index < -0.39 is 0 Å². The SMILES string of the molecule is Cc1cc(C)c2c(c1)c(=O)c1ccccc1n2CCCCN1CCN(CCO)CC1. The van der Waals surface area contributed by atoms with Gasteiger partial charge in [-0.2, -0.15) is 0 Å². The number of hydrogen-bond acceptors (Lipinski definition) is 4. The van der Waals surface area contributed by atoms with Crippen LogP contribution in [-0.4, -0.2) is 65.3 Å². The van der Waals surface area contributed by atoms with E-state index in [0.29, 0.717) is 0 Å². The molecule has 0 atom stereocenters. The number of aromatic nitrogens is 1. The Bertz CT molecular complexity index is 1080. The molecule has 0 aliphatic carbocycles. The Morgan fingerprint density at radius 2 is 1.53 bits per heavy atom. The molecule has 4 rings (SSSR count). The number of piperazine rings is 1. The van der Waals surface area contributed by atoms with E-state index in [9.17, 15) is 4.79 Å². The van der Waals surface area contributed by atoms with Gasteiger partial charge in [-0.1, -0.05) is 18.2 Å². The van der Waals surface area contributed by atoms with Gasteiger partial charge in [-0.15, -0.1) is 0 Å². The summed E-state index contributed by atoms with van der Waals surface area (Å²) in [6.45, 7) is 11.5. The van der Waals surface area contributed by atoms with Crippen molar-refractivity contribution < 1.29 is 5.11 Å². The molecule has 0 unspecified atom stereocenters. The maximum absolute atomic E-state index is 13.1. The van der Waals surface area contributed by atoms with Crippen LogP contribution in [0.1, 0.15) is 24.0 Å². The maximum atomic E-state index is 13.1. The first-order valence-corrected chi connectivity index (χ1v) is 11.2. The largest absolute Gasteiger partial charge is 0.395 e. The Morgan fingerprint density at radius 1 is 0.867 bits per heavy atom. The van der Waals surface area contributed by atoms with Crippen molar-refractivity contribution in [3.8, 4) is 0 Å². The highest BCUT2D eigenvalue weighted by Crippen LogP contribution is 2.24. The quantitative estimate of drug-likeness (QED) is 0.483. The summed E-state index contributed by atoms with van der Waals surface area (Å²) in [6, 6.07) is 12.2. The molecule has 0 radical (unpaired) electrons. The molecule has 160 valence electrons. The summed E-state index contributed by atoms with van der Waals surface area (Å²) >= 11 is 0. The number of fused-ring (bicyclic) bond motifs is 2. The van der Waals surface area contributed by atoms with Gasteiger partial charge in [-0.05, 0) is 62.6 Å². The molecule has 2 heterocycles. The van der Waals surface area contributed by atoms with Crippen molar-refractivity contribution in [2.45, 2.75) is 33.2 Å². The normalized spacial score (nSPS) is 16.0. The topological polar surface area (TPSA) is 48.7 Å². The minimum absolute atomic E-state index is 0.143. The van der Waals surface area contributed by atoms with Gasteiger partial charge in [0.05, 0.1) is 17.6 Å². The Kier molecular flexibility index (Phi) is 6.52. The molecule has 0 bridgehead atoms. The van der Waals surface area contributed by atoms with Crippen LogP contribution in [0.2, 0.25) is 0 Å². The van der Waals surface area contributed by atoms with Gasteiger partial charge in [-0.3, -0.25) is 9.69 Å². The molecule has 1 N–H and O–H groups in total. The number of aliphatic hydroxyl groups excluding tert-OH is 1. The van der Waals surface area contributed by atoms with Gasteiger partial charge in [0.1, 0.15) is 0 Å². The number of rotatable bonds is 7. The first-order chi connectivity index (χ1) is 14.6. The fraction of sp³-hybridized carbons (Fsp3) is 0.480. The zero-order valence-corrected chi connectivity index (χ0v) is 18.2. The van der Waals surface area contributed by atoms with Crippen molar-refractivity contribution in [2.75, 3.05) is 45.9 Å². The van der Waals surface area contributed by atoms with Crippen LogP contribution in [0.3, 0.4) is 0 Å². The number of aryl methyl sites for hydroxylation is 3. The van der Waals surface area contributed by atoms with Crippen LogP contribution >= 0.6 is 0 Å². The van der Waals surface area contributed by atoms with Crippen molar-refractivity contribution in [3.05, 3.63) is 57.7 Å². The number of pyridine rings is 1. The second-order valence-corrected chi connectivity index (χ2v) is 8.59. The van der Waals surface area contributed by atoms with Gasteiger partial charge in [-0.25, -0.2) is 0 Å². The van der Waals surface area contributed by atoms with E-state index in [0.717, 1.165) is 86.0 Å². The highest BCUT2D eigenvalue weighted by atomic mass is 16.3. The third kappa shape index (κ3) is 4.29. The molecule has 5 nitrogen and oxygen atoms in total. The standard InChI is InChI=1S/C25H33N3O2/c1-19-17-20(2)24-22(18-19)25(30)21-7-3-4-8-23(21)28(24)10-6-5-9-26-11-13-27(14-12-26)15-16-29/h3-4,7-8,17-18,29H,5-6,9-16H2,1-2H3. The van der Waals surface area contributed by atoms with Crippen LogP contribution in [0.5, 0.6) is 0 Å². The molecule has 2 aromatic carbocycles. The van der Waals surface area contributed by atoms with Gasteiger partial charge in [0.15, 0.2) is 5.43 Å². The number of para-hydroxylation sites is 1. The molecule has 30 heavy (non-hydrogen) atoms. The van der Waals surface area contributed by atoms with Crippen molar-refractivity contribution >= 4 is 21.8 Å². The zero-order chi connectivity index (χ0) is 21.1. The number of β-amino-alcohol motifs (C(OH)–C–C–N with tert-alkyl or cyclic N) is 1. The molecule has 0 spiro atoms. The van der Waals surface area contributed by atoms with E-state index in [1.165, 1.54) is 5.56 Å². The number of nitrogens with zero attached hydrogens (tertiary/aromatic N) is 3. The van der Waals surface area contributed by atoms with Crippen LogP contribution in [0.25, 0.3) is 21.8 Å². The summed E-state index contributed by atoms with van der Waals surface area (Å²) in [5.41, 5.74) is 4.58. The Balaban J connectivity index is 1.51. The van der Waals surface area contributed by atoms with Gasteiger partial charge >= 0.3 is 0 Å². The van der Waals surface area contributed by atoms with Gasteiger partial charge in [0.25, 0.3) is 0 Å². The molecule has 1 saturated heterocycles. The second-order valence-electron chi connectivity index (χ2n) is 8.59. The summed E-state index contributed by atoms with van der Waals surface area (Å²) in [5, 5.41) is 10.7. The van der Waals surface area contributed by atoms with Gasteiger partial charge in [0, 0.05) is 50.0 Å². The third-order valence-corrected chi connectivity index (χ3v) is 6.39. The van der Waals surface area contributed by atoms with Crippen LogP contribution in [0.4, 0.5) is 0 Å². The lowest BCUT2D eigenvalue weighted by molar-refractivity contribution is 0.111. The minimum Gasteiger partial charge on any atom is -0.395 e. The highest BCUT2D eigenvalue weighted by Gasteiger charge is 2.16. The lowest BCUT2D eigenvalue weighted by Crippen LogP contribution is -2.47. The maximum Gasteiger partial charge on any atom is 0.197 e. The Hall–Kier alpha value is -2.21. The van der Waals surface area contributed by atoms with Crippen molar-refractivity contribution in [1.82, 2.24) is 14.4 Å². The van der Waals surface area contributed by atoms with Gasteiger partial charge in [0.2, 0.25) is 0 Å². The fourth-order valence-corrected chi connectivity index (χ4v) is 4.87. The van der Waals surface area contributed by atoms with Crippen molar-refractivity contribution in [2.24, 2.45) is 0 Å².